The number of carbonyl (C=O) groups excluding carboxylic acids is 3. The Bertz CT molecular complexity index is 865. The van der Waals surface area contributed by atoms with E-state index in [4.69, 9.17) is 9.47 Å². The van der Waals surface area contributed by atoms with Gasteiger partial charge in [0.2, 0.25) is 24.5 Å². The van der Waals surface area contributed by atoms with Crippen LogP contribution in [0.2, 0.25) is 0 Å². The highest BCUT2D eigenvalue weighted by Gasteiger charge is 2.37. The Morgan fingerprint density at radius 3 is 2.62 bits per heavy atom. The molecule has 1 aromatic rings. The Hall–Kier alpha value is -2.77. The number of rotatable bonds is 7. The minimum absolute atomic E-state index is 0.115. The summed E-state index contributed by atoms with van der Waals surface area (Å²) in [6.07, 6.45) is 6.16. The number of hydrogen-bond acceptors (Lipinski definition) is 5. The van der Waals surface area contributed by atoms with Crippen LogP contribution in [-0.4, -0.2) is 43.1 Å². The Kier molecular flexibility index (Phi) is 6.86. The van der Waals surface area contributed by atoms with Gasteiger partial charge in [0.1, 0.15) is 6.04 Å². The van der Waals surface area contributed by atoms with Gasteiger partial charge in [-0.1, -0.05) is 33.1 Å². The first-order valence-electron chi connectivity index (χ1n) is 11.7. The minimum atomic E-state index is -0.584. The summed E-state index contributed by atoms with van der Waals surface area (Å²) in [7, 11) is 0. The summed E-state index contributed by atoms with van der Waals surface area (Å²) in [5.74, 6) is 0.533. The molecule has 2 N–H and O–H groups in total. The molecule has 0 bridgehead atoms. The van der Waals surface area contributed by atoms with E-state index >= 15 is 0 Å². The molecule has 8 heteroatoms. The van der Waals surface area contributed by atoms with Crippen LogP contribution in [0.3, 0.4) is 0 Å². The third kappa shape index (κ3) is 5.16. The molecule has 2 atom stereocenters. The highest BCUT2D eigenvalue weighted by molar-refractivity contribution is 6.01. The number of anilines is 1. The van der Waals surface area contributed by atoms with Gasteiger partial charge in [0.15, 0.2) is 11.5 Å². The lowest BCUT2D eigenvalue weighted by Gasteiger charge is -2.27. The van der Waals surface area contributed by atoms with Crippen LogP contribution in [0.5, 0.6) is 11.5 Å². The average molecular weight is 444 g/mol. The third-order valence-electron chi connectivity index (χ3n) is 6.46. The fraction of sp³-hybridized carbons (Fsp3) is 0.625. The molecule has 0 spiro atoms. The Balaban J connectivity index is 1.38. The second kappa shape index (κ2) is 9.79. The van der Waals surface area contributed by atoms with Gasteiger partial charge >= 0.3 is 0 Å². The van der Waals surface area contributed by atoms with Crippen molar-refractivity contribution in [1.29, 1.82) is 0 Å². The molecule has 8 nitrogen and oxygen atoms in total. The zero-order valence-electron chi connectivity index (χ0n) is 18.9. The van der Waals surface area contributed by atoms with Crippen molar-refractivity contribution >= 4 is 23.4 Å². The predicted octanol–water partition coefficient (Wildman–Crippen LogP) is 2.75. The van der Waals surface area contributed by atoms with E-state index in [9.17, 15) is 14.4 Å². The lowest BCUT2D eigenvalue weighted by Crippen LogP contribution is -2.51. The van der Waals surface area contributed by atoms with Gasteiger partial charge in [0.25, 0.3) is 0 Å². The molecule has 1 saturated carbocycles. The third-order valence-corrected chi connectivity index (χ3v) is 6.46. The van der Waals surface area contributed by atoms with E-state index in [1.165, 1.54) is 6.42 Å². The minimum Gasteiger partial charge on any atom is -0.454 e. The monoisotopic (exact) mass is 443 g/mol. The van der Waals surface area contributed by atoms with Crippen molar-refractivity contribution in [3.8, 4) is 11.5 Å². The summed E-state index contributed by atoms with van der Waals surface area (Å²) in [4.78, 5) is 40.2. The standard InChI is InChI=1S/C24H33N3O5/c1-15(2)10-19(24(30)25-17-6-4-3-5-7-17)26-23(29)16-11-22(28)27(13-16)18-8-9-20-21(12-18)32-14-31-20/h8-9,12,15-17,19H,3-7,10-11,13-14H2,1-2H3,(H,25,30)(H,26,29)/t16-,19-/m0/s1. The molecule has 1 saturated heterocycles. The zero-order chi connectivity index (χ0) is 22.7. The predicted molar refractivity (Wildman–Crippen MR) is 119 cm³/mol. The molecule has 4 rings (SSSR count). The number of benzene rings is 1. The first-order chi connectivity index (χ1) is 15.4. The molecule has 1 aliphatic carbocycles. The fourth-order valence-electron chi connectivity index (χ4n) is 4.73. The highest BCUT2D eigenvalue weighted by atomic mass is 16.7. The van der Waals surface area contributed by atoms with Crippen LogP contribution in [0.25, 0.3) is 0 Å². The number of fused-ring (bicyclic) bond motifs is 1. The van der Waals surface area contributed by atoms with Gasteiger partial charge < -0.3 is 25.0 Å². The summed E-state index contributed by atoms with van der Waals surface area (Å²) < 4.78 is 10.7. The molecule has 1 aromatic carbocycles. The summed E-state index contributed by atoms with van der Waals surface area (Å²) >= 11 is 0. The molecule has 3 aliphatic rings. The van der Waals surface area contributed by atoms with Crippen LogP contribution >= 0.6 is 0 Å². The Morgan fingerprint density at radius 1 is 1.12 bits per heavy atom. The maximum atomic E-state index is 13.0. The molecule has 0 radical (unpaired) electrons. The molecule has 3 amide bonds. The number of nitrogens with zero attached hydrogens (tertiary/aromatic N) is 1. The normalized spacial score (nSPS) is 21.7. The molecule has 2 aliphatic heterocycles. The van der Waals surface area contributed by atoms with Crippen LogP contribution in [0.15, 0.2) is 18.2 Å². The number of nitrogens with one attached hydrogen (secondary N) is 2. The van der Waals surface area contributed by atoms with Gasteiger partial charge in [-0.05, 0) is 37.3 Å². The zero-order valence-corrected chi connectivity index (χ0v) is 18.9. The molecule has 0 aromatic heterocycles. The molecule has 2 heterocycles. The van der Waals surface area contributed by atoms with Gasteiger partial charge in [0, 0.05) is 30.8 Å². The van der Waals surface area contributed by atoms with Crippen LogP contribution in [-0.2, 0) is 14.4 Å². The van der Waals surface area contributed by atoms with E-state index in [-0.39, 0.29) is 49.4 Å². The first kappa shape index (κ1) is 22.4. The lowest BCUT2D eigenvalue weighted by molar-refractivity contribution is -0.132. The summed E-state index contributed by atoms with van der Waals surface area (Å²) in [5, 5.41) is 6.07. The van der Waals surface area contributed by atoms with E-state index in [1.54, 1.807) is 23.1 Å². The number of amides is 3. The van der Waals surface area contributed by atoms with E-state index in [0.717, 1.165) is 25.7 Å². The number of carbonyl (C=O) groups is 3. The fourth-order valence-corrected chi connectivity index (χ4v) is 4.73. The van der Waals surface area contributed by atoms with Crippen LogP contribution in [0.4, 0.5) is 5.69 Å². The van der Waals surface area contributed by atoms with Crippen LogP contribution in [0.1, 0.15) is 58.8 Å². The molecule has 2 fully saturated rings. The van der Waals surface area contributed by atoms with Gasteiger partial charge in [0.05, 0.1) is 5.92 Å². The summed E-state index contributed by atoms with van der Waals surface area (Å²) in [6.45, 7) is 4.52. The molecule has 32 heavy (non-hydrogen) atoms. The topological polar surface area (TPSA) is 97.0 Å². The van der Waals surface area contributed by atoms with Crippen LogP contribution in [0, 0.1) is 11.8 Å². The van der Waals surface area contributed by atoms with E-state index < -0.39 is 12.0 Å². The van der Waals surface area contributed by atoms with Gasteiger partial charge in [-0.2, -0.15) is 0 Å². The first-order valence-corrected chi connectivity index (χ1v) is 11.7. The Morgan fingerprint density at radius 2 is 1.88 bits per heavy atom. The lowest BCUT2D eigenvalue weighted by atomic mass is 9.94. The number of hydrogen-bond donors (Lipinski definition) is 2. The Labute approximate surface area is 189 Å². The second-order valence-electron chi connectivity index (χ2n) is 9.48. The summed E-state index contributed by atoms with van der Waals surface area (Å²) in [6, 6.07) is 4.94. The van der Waals surface area contributed by atoms with Crippen molar-refractivity contribution in [2.24, 2.45) is 11.8 Å². The molecule has 174 valence electrons. The van der Waals surface area contributed by atoms with E-state index in [1.807, 2.05) is 13.8 Å². The second-order valence-corrected chi connectivity index (χ2v) is 9.48. The van der Waals surface area contributed by atoms with Crippen molar-refractivity contribution in [3.05, 3.63) is 18.2 Å². The summed E-state index contributed by atoms with van der Waals surface area (Å²) in [5.41, 5.74) is 0.684. The smallest absolute Gasteiger partial charge is 0.242 e. The van der Waals surface area contributed by atoms with Crippen molar-refractivity contribution in [3.63, 3.8) is 0 Å². The largest absolute Gasteiger partial charge is 0.454 e. The molecule has 0 unspecified atom stereocenters. The maximum Gasteiger partial charge on any atom is 0.242 e. The molecular weight excluding hydrogens is 410 g/mol. The quantitative estimate of drug-likeness (QED) is 0.675. The van der Waals surface area contributed by atoms with Gasteiger partial charge in [-0.25, -0.2) is 0 Å². The van der Waals surface area contributed by atoms with Crippen molar-refractivity contribution in [1.82, 2.24) is 10.6 Å². The maximum absolute atomic E-state index is 13.0. The van der Waals surface area contributed by atoms with Crippen molar-refractivity contribution in [2.45, 2.75) is 70.9 Å². The van der Waals surface area contributed by atoms with Gasteiger partial charge in [-0.3, -0.25) is 14.4 Å². The number of ether oxygens (including phenoxy) is 2. The van der Waals surface area contributed by atoms with Crippen molar-refractivity contribution < 1.29 is 23.9 Å². The molecular formula is C24H33N3O5. The average Bonchev–Trinajstić information content (AvgIpc) is 3.39. The van der Waals surface area contributed by atoms with Crippen molar-refractivity contribution in [2.75, 3.05) is 18.2 Å². The van der Waals surface area contributed by atoms with E-state index in [0.29, 0.717) is 23.6 Å². The highest BCUT2D eigenvalue weighted by Crippen LogP contribution is 2.37. The van der Waals surface area contributed by atoms with Crippen LogP contribution < -0.4 is 25.0 Å². The van der Waals surface area contributed by atoms with E-state index in [2.05, 4.69) is 10.6 Å². The SMILES string of the molecule is CC(C)C[C@H](NC(=O)[C@H]1CC(=O)N(c2ccc3c(c2)OCO3)C1)C(=O)NC1CCCCC1. The van der Waals surface area contributed by atoms with Gasteiger partial charge in [-0.15, -0.1) is 0 Å².